The van der Waals surface area contributed by atoms with Crippen LogP contribution < -0.4 is 5.32 Å². The van der Waals surface area contributed by atoms with E-state index in [2.05, 4.69) is 42.5 Å². The minimum Gasteiger partial charge on any atom is -0.360 e. The second-order valence-corrected chi connectivity index (χ2v) is 4.52. The largest absolute Gasteiger partial charge is 0.360 e. The molecule has 0 aromatic carbocycles. The summed E-state index contributed by atoms with van der Waals surface area (Å²) in [4.78, 5) is 4.32. The Balaban J connectivity index is 3.90. The van der Waals surface area contributed by atoms with E-state index in [1.54, 1.807) is 0 Å². The zero-order valence-electron chi connectivity index (χ0n) is 12.9. The maximum atomic E-state index is 4.32. The molecule has 0 bridgehead atoms. The van der Waals surface area contributed by atoms with Crippen LogP contribution in [-0.4, -0.2) is 12.8 Å². The summed E-state index contributed by atoms with van der Waals surface area (Å²) in [6, 6.07) is 0. The number of hydrogen-bond donors (Lipinski definition) is 1. The predicted molar refractivity (Wildman–Crippen MR) is 91.9 cm³/mol. The van der Waals surface area contributed by atoms with E-state index in [1.165, 1.54) is 5.57 Å². The van der Waals surface area contributed by atoms with Crippen molar-refractivity contribution in [3.63, 3.8) is 0 Å². The Hall–Kier alpha value is -2.09. The normalized spacial score (nSPS) is 13.1. The molecule has 0 heterocycles. The van der Waals surface area contributed by atoms with E-state index in [4.69, 9.17) is 0 Å². The molecule has 1 N–H and O–H groups in total. The molecule has 0 aromatic heterocycles. The van der Waals surface area contributed by atoms with Crippen LogP contribution in [0.2, 0.25) is 0 Å². The Labute approximate surface area is 123 Å². The number of aliphatic imine (C=N–C) groups is 1. The lowest BCUT2D eigenvalue weighted by molar-refractivity contribution is 0.955. The monoisotopic (exact) mass is 270 g/mol. The molecule has 0 aliphatic rings. The molecule has 0 unspecified atom stereocenters. The van der Waals surface area contributed by atoms with E-state index < -0.39 is 0 Å². The van der Waals surface area contributed by atoms with Gasteiger partial charge in [-0.1, -0.05) is 49.1 Å². The smallest absolute Gasteiger partial charge is 0.0426 e. The first-order chi connectivity index (χ1) is 9.56. The van der Waals surface area contributed by atoms with Crippen LogP contribution in [-0.2, 0) is 0 Å². The minimum absolute atomic E-state index is 0.817. The molecule has 0 rings (SSSR count). The zero-order chi connectivity index (χ0) is 15.2. The van der Waals surface area contributed by atoms with Crippen molar-refractivity contribution in [2.45, 2.75) is 27.2 Å². The van der Waals surface area contributed by atoms with Crippen molar-refractivity contribution in [1.29, 1.82) is 0 Å². The summed E-state index contributed by atoms with van der Waals surface area (Å²) in [7, 11) is 0. The third-order valence-corrected chi connectivity index (χ3v) is 2.29. The fourth-order valence-corrected chi connectivity index (χ4v) is 1.32. The number of nitrogens with one attached hydrogen (secondary N) is 1. The zero-order valence-corrected chi connectivity index (χ0v) is 12.9. The van der Waals surface area contributed by atoms with Gasteiger partial charge in [-0.05, 0) is 39.3 Å². The Morgan fingerprint density at radius 2 is 1.85 bits per heavy atom. The highest BCUT2D eigenvalue weighted by atomic mass is 14.9. The van der Waals surface area contributed by atoms with E-state index in [1.807, 2.05) is 50.4 Å². The van der Waals surface area contributed by atoms with Crippen LogP contribution in [0.15, 0.2) is 77.6 Å². The van der Waals surface area contributed by atoms with Crippen LogP contribution >= 0.6 is 0 Å². The summed E-state index contributed by atoms with van der Waals surface area (Å²) >= 11 is 0. The van der Waals surface area contributed by atoms with Gasteiger partial charge in [0.05, 0.1) is 0 Å². The molecule has 0 atom stereocenters. The van der Waals surface area contributed by atoms with Crippen molar-refractivity contribution in [1.82, 2.24) is 5.32 Å². The molecule has 0 spiro atoms. The summed E-state index contributed by atoms with van der Waals surface area (Å²) in [5.41, 5.74) is 3.04. The lowest BCUT2D eigenvalue weighted by atomic mass is 10.2. The molecular formula is C18H26N2. The number of allylic oxidation sites excluding steroid dienone is 8. The highest BCUT2D eigenvalue weighted by molar-refractivity contribution is 5.71. The van der Waals surface area contributed by atoms with Gasteiger partial charge >= 0.3 is 0 Å². The molecule has 0 saturated carbocycles. The van der Waals surface area contributed by atoms with Gasteiger partial charge in [0.2, 0.25) is 0 Å². The van der Waals surface area contributed by atoms with Gasteiger partial charge in [0, 0.05) is 24.2 Å². The van der Waals surface area contributed by atoms with Gasteiger partial charge < -0.3 is 5.32 Å². The van der Waals surface area contributed by atoms with Gasteiger partial charge in [-0.15, -0.1) is 0 Å². The highest BCUT2D eigenvalue weighted by Crippen LogP contribution is 1.99. The van der Waals surface area contributed by atoms with Gasteiger partial charge in [-0.3, -0.25) is 4.99 Å². The maximum absolute atomic E-state index is 4.32. The van der Waals surface area contributed by atoms with Crippen LogP contribution in [0.3, 0.4) is 0 Å². The van der Waals surface area contributed by atoms with Gasteiger partial charge in [-0.25, -0.2) is 0 Å². The second kappa shape index (κ2) is 12.0. The van der Waals surface area contributed by atoms with Crippen molar-refractivity contribution in [3.05, 3.63) is 72.7 Å². The molecule has 0 saturated heterocycles. The molecule has 0 aliphatic heterocycles. The molecule has 0 radical (unpaired) electrons. The van der Waals surface area contributed by atoms with Gasteiger partial charge in [0.1, 0.15) is 0 Å². The third kappa shape index (κ3) is 12.4. The average molecular weight is 270 g/mol. The number of hydrogen-bond acceptors (Lipinski definition) is 2. The van der Waals surface area contributed by atoms with E-state index in [0.29, 0.717) is 0 Å². The third-order valence-electron chi connectivity index (χ3n) is 2.29. The maximum Gasteiger partial charge on any atom is 0.0426 e. The molecular weight excluding hydrogens is 244 g/mol. The van der Waals surface area contributed by atoms with Gasteiger partial charge in [0.15, 0.2) is 0 Å². The van der Waals surface area contributed by atoms with Crippen molar-refractivity contribution < 1.29 is 0 Å². The molecule has 0 aromatic rings. The average Bonchev–Trinajstić information content (AvgIpc) is 2.38. The van der Waals surface area contributed by atoms with Crippen LogP contribution in [0.25, 0.3) is 0 Å². The van der Waals surface area contributed by atoms with Crippen LogP contribution in [0.1, 0.15) is 27.2 Å². The van der Waals surface area contributed by atoms with E-state index in [0.717, 1.165) is 24.4 Å². The first kappa shape index (κ1) is 17.9. The van der Waals surface area contributed by atoms with Crippen LogP contribution in [0.4, 0.5) is 0 Å². The molecule has 108 valence electrons. The lowest BCUT2D eigenvalue weighted by Gasteiger charge is -2.01. The Morgan fingerprint density at radius 1 is 1.10 bits per heavy atom. The topological polar surface area (TPSA) is 24.4 Å². The first-order valence-corrected chi connectivity index (χ1v) is 6.79. The van der Waals surface area contributed by atoms with Crippen molar-refractivity contribution in [3.8, 4) is 0 Å². The summed E-state index contributed by atoms with van der Waals surface area (Å²) in [6.45, 7) is 14.4. The standard InChI is InChI=1S/C18H26N2/c1-6-7-11-17(4)13-15-19-14-10-8-9-12-18(5)20-16(2)3/h6-12,14,20H,2,5,13,15H2,1,3-4H3/b7-6-,10-8+,12-9-,17-11+,19-14+. The summed E-state index contributed by atoms with van der Waals surface area (Å²) in [5.74, 6) is 0. The second-order valence-electron chi connectivity index (χ2n) is 4.52. The lowest BCUT2D eigenvalue weighted by Crippen LogP contribution is -2.05. The Morgan fingerprint density at radius 3 is 2.50 bits per heavy atom. The molecule has 2 nitrogen and oxygen atoms in total. The fourth-order valence-electron chi connectivity index (χ4n) is 1.32. The molecule has 0 amide bonds. The fraction of sp³-hybridized carbons (Fsp3) is 0.278. The highest BCUT2D eigenvalue weighted by Gasteiger charge is 1.85. The number of nitrogens with zero attached hydrogens (tertiary/aromatic N) is 1. The summed E-state index contributed by atoms with van der Waals surface area (Å²) < 4.78 is 0. The SMILES string of the molecule is C=C(C)NC(=C)\C=C/C=C/C=N/CC/C(C)=C/C=C\C. The van der Waals surface area contributed by atoms with Crippen LogP contribution in [0.5, 0.6) is 0 Å². The summed E-state index contributed by atoms with van der Waals surface area (Å²) in [6.07, 6.45) is 16.7. The molecule has 0 aliphatic carbocycles. The quantitative estimate of drug-likeness (QED) is 0.476. The van der Waals surface area contributed by atoms with Gasteiger partial charge in [-0.2, -0.15) is 0 Å². The van der Waals surface area contributed by atoms with Crippen molar-refractivity contribution >= 4 is 6.21 Å². The minimum atomic E-state index is 0.817. The van der Waals surface area contributed by atoms with Crippen LogP contribution in [0, 0.1) is 0 Å². The van der Waals surface area contributed by atoms with Gasteiger partial charge in [0.25, 0.3) is 0 Å². The van der Waals surface area contributed by atoms with Crippen molar-refractivity contribution in [2.24, 2.45) is 4.99 Å². The van der Waals surface area contributed by atoms with E-state index in [-0.39, 0.29) is 0 Å². The Bertz CT molecular complexity index is 446. The predicted octanol–water partition coefficient (Wildman–Crippen LogP) is 4.72. The first-order valence-electron chi connectivity index (χ1n) is 6.79. The molecule has 0 fully saturated rings. The Kier molecular flexibility index (Phi) is 10.7. The number of rotatable bonds is 9. The van der Waals surface area contributed by atoms with E-state index in [9.17, 15) is 0 Å². The summed E-state index contributed by atoms with van der Waals surface area (Å²) in [5, 5.41) is 3.03. The molecule has 20 heavy (non-hydrogen) atoms. The van der Waals surface area contributed by atoms with Crippen molar-refractivity contribution in [2.75, 3.05) is 6.54 Å². The van der Waals surface area contributed by atoms with E-state index >= 15 is 0 Å². The molecule has 2 heteroatoms.